The van der Waals surface area contributed by atoms with Crippen LogP contribution in [0, 0.1) is 5.82 Å². The molecular formula is C19H15F4N3OS. The molecule has 1 aliphatic heterocycles. The van der Waals surface area contributed by atoms with Crippen LogP contribution >= 0.6 is 11.3 Å². The van der Waals surface area contributed by atoms with Gasteiger partial charge in [0.2, 0.25) is 0 Å². The lowest BCUT2D eigenvalue weighted by Crippen LogP contribution is -2.48. The van der Waals surface area contributed by atoms with Crippen LogP contribution in [0.15, 0.2) is 42.6 Å². The maximum atomic E-state index is 13.8. The highest BCUT2D eigenvalue weighted by Crippen LogP contribution is 2.30. The van der Waals surface area contributed by atoms with Crippen LogP contribution in [0.5, 0.6) is 0 Å². The highest BCUT2D eigenvalue weighted by molar-refractivity contribution is 7.20. The minimum absolute atomic E-state index is 0.166. The third-order valence-electron chi connectivity index (χ3n) is 4.69. The number of thiophene rings is 1. The van der Waals surface area contributed by atoms with Gasteiger partial charge in [-0.3, -0.25) is 4.79 Å². The molecule has 9 heteroatoms. The van der Waals surface area contributed by atoms with Crippen LogP contribution in [0.3, 0.4) is 0 Å². The third kappa shape index (κ3) is 3.54. The van der Waals surface area contributed by atoms with Gasteiger partial charge in [0, 0.05) is 42.5 Å². The topological polar surface area (TPSA) is 36.4 Å². The number of fused-ring (bicyclic) bond motifs is 1. The molecule has 1 saturated heterocycles. The van der Waals surface area contributed by atoms with Crippen molar-refractivity contribution >= 4 is 33.1 Å². The van der Waals surface area contributed by atoms with Gasteiger partial charge in [0.25, 0.3) is 5.91 Å². The Morgan fingerprint density at radius 2 is 1.82 bits per heavy atom. The van der Waals surface area contributed by atoms with E-state index < -0.39 is 11.7 Å². The van der Waals surface area contributed by atoms with Crippen molar-refractivity contribution in [1.29, 1.82) is 0 Å². The molecule has 0 unspecified atom stereocenters. The van der Waals surface area contributed by atoms with Crippen LogP contribution < -0.4 is 4.90 Å². The van der Waals surface area contributed by atoms with Crippen molar-refractivity contribution in [1.82, 2.24) is 9.88 Å². The molecule has 4 rings (SSSR count). The van der Waals surface area contributed by atoms with E-state index in [1.54, 1.807) is 23.1 Å². The summed E-state index contributed by atoms with van der Waals surface area (Å²) >= 11 is 1.25. The van der Waals surface area contributed by atoms with Crippen LogP contribution in [0.2, 0.25) is 0 Å². The van der Waals surface area contributed by atoms with E-state index >= 15 is 0 Å². The van der Waals surface area contributed by atoms with Crippen molar-refractivity contribution in [2.45, 2.75) is 6.18 Å². The first-order valence-electron chi connectivity index (χ1n) is 8.58. The fourth-order valence-electron chi connectivity index (χ4n) is 3.17. The van der Waals surface area contributed by atoms with Crippen LogP contribution in [-0.2, 0) is 6.18 Å². The molecule has 0 atom stereocenters. The van der Waals surface area contributed by atoms with Crippen molar-refractivity contribution in [2.75, 3.05) is 31.1 Å². The second-order valence-corrected chi connectivity index (χ2v) is 7.53. The normalized spacial score (nSPS) is 15.3. The molecule has 3 aromatic rings. The van der Waals surface area contributed by atoms with E-state index in [0.717, 1.165) is 17.0 Å². The highest BCUT2D eigenvalue weighted by Gasteiger charge is 2.31. The summed E-state index contributed by atoms with van der Waals surface area (Å²) in [5, 5.41) is 0.434. The van der Waals surface area contributed by atoms with Crippen molar-refractivity contribution in [3.05, 3.63) is 58.9 Å². The summed E-state index contributed by atoms with van der Waals surface area (Å²) in [4.78, 5) is 20.6. The Bertz CT molecular complexity index is 1010. The molecule has 2 aromatic heterocycles. The summed E-state index contributed by atoms with van der Waals surface area (Å²) in [7, 11) is 0. The number of rotatable bonds is 2. The fourth-order valence-corrected chi connectivity index (χ4v) is 4.21. The zero-order valence-electron chi connectivity index (χ0n) is 14.5. The molecule has 0 N–H and O–H groups in total. The molecule has 4 nitrogen and oxygen atoms in total. The number of piperazine rings is 1. The molecule has 1 aliphatic rings. The zero-order valence-corrected chi connectivity index (χ0v) is 15.4. The van der Waals surface area contributed by atoms with E-state index in [-0.39, 0.29) is 11.7 Å². The average Bonchev–Trinajstić information content (AvgIpc) is 3.13. The van der Waals surface area contributed by atoms with Crippen LogP contribution in [0.1, 0.15) is 15.2 Å². The second kappa shape index (κ2) is 7.05. The Morgan fingerprint density at radius 1 is 1.07 bits per heavy atom. The number of halogens is 4. The highest BCUT2D eigenvalue weighted by atomic mass is 32.1. The van der Waals surface area contributed by atoms with E-state index in [0.29, 0.717) is 42.3 Å². The summed E-state index contributed by atoms with van der Waals surface area (Å²) in [6, 6.07) is 8.66. The van der Waals surface area contributed by atoms with Gasteiger partial charge in [0.15, 0.2) is 0 Å². The largest absolute Gasteiger partial charge is 0.417 e. The van der Waals surface area contributed by atoms with Crippen LogP contribution in [0.4, 0.5) is 23.4 Å². The number of amides is 1. The molecule has 1 fully saturated rings. The summed E-state index contributed by atoms with van der Waals surface area (Å²) in [6.07, 6.45) is -3.60. The van der Waals surface area contributed by atoms with Gasteiger partial charge in [-0.2, -0.15) is 13.2 Å². The van der Waals surface area contributed by atoms with E-state index in [1.165, 1.54) is 23.5 Å². The summed E-state index contributed by atoms with van der Waals surface area (Å²) < 4.78 is 52.5. The predicted octanol–water partition coefficient (Wildman–Crippen LogP) is 4.42. The van der Waals surface area contributed by atoms with E-state index in [4.69, 9.17) is 0 Å². The first-order valence-corrected chi connectivity index (χ1v) is 9.40. The standard InChI is InChI=1S/C19H15F4N3OS/c20-14-2-1-3-15-13(14)10-16(28-15)18(27)26-8-6-25(7-9-26)17-5-4-12(11-24-17)19(21,22)23/h1-5,10-11H,6-9H2. The van der Waals surface area contributed by atoms with E-state index in [9.17, 15) is 22.4 Å². The van der Waals surface area contributed by atoms with Gasteiger partial charge >= 0.3 is 6.18 Å². The average molecular weight is 409 g/mol. The summed E-state index contributed by atoms with van der Waals surface area (Å²) in [5.74, 6) is -0.0735. The van der Waals surface area contributed by atoms with Crippen LogP contribution in [0.25, 0.3) is 10.1 Å². The van der Waals surface area contributed by atoms with Gasteiger partial charge in [-0.15, -0.1) is 11.3 Å². The zero-order chi connectivity index (χ0) is 19.9. The molecule has 28 heavy (non-hydrogen) atoms. The number of aromatic nitrogens is 1. The molecule has 146 valence electrons. The van der Waals surface area contributed by atoms with E-state index in [2.05, 4.69) is 4.98 Å². The Balaban J connectivity index is 1.43. The monoisotopic (exact) mass is 409 g/mol. The van der Waals surface area contributed by atoms with Gasteiger partial charge in [0.05, 0.1) is 10.4 Å². The summed E-state index contributed by atoms with van der Waals surface area (Å²) in [6.45, 7) is 1.75. The third-order valence-corrected chi connectivity index (χ3v) is 5.77. The molecule has 0 radical (unpaired) electrons. The number of benzene rings is 1. The molecule has 0 spiro atoms. The molecule has 0 aliphatic carbocycles. The lowest BCUT2D eigenvalue weighted by Gasteiger charge is -2.35. The minimum Gasteiger partial charge on any atom is -0.353 e. The Hall–Kier alpha value is -2.68. The number of carbonyl (C=O) groups is 1. The number of carbonyl (C=O) groups excluding carboxylic acids is 1. The Labute approximate surface area is 162 Å². The van der Waals surface area contributed by atoms with Gasteiger partial charge in [0.1, 0.15) is 11.6 Å². The lowest BCUT2D eigenvalue weighted by atomic mass is 10.2. The lowest BCUT2D eigenvalue weighted by molar-refractivity contribution is -0.137. The number of anilines is 1. The van der Waals surface area contributed by atoms with Gasteiger partial charge in [-0.25, -0.2) is 9.37 Å². The quantitative estimate of drug-likeness (QED) is 0.588. The first kappa shape index (κ1) is 18.7. The summed E-state index contributed by atoms with van der Waals surface area (Å²) in [5.41, 5.74) is -0.790. The SMILES string of the molecule is O=C(c1cc2c(F)cccc2s1)N1CCN(c2ccc(C(F)(F)F)cn2)CC1. The molecule has 0 bridgehead atoms. The number of hydrogen-bond acceptors (Lipinski definition) is 4. The number of hydrogen-bond donors (Lipinski definition) is 0. The van der Waals surface area contributed by atoms with Gasteiger partial charge in [-0.1, -0.05) is 6.07 Å². The number of nitrogens with zero attached hydrogens (tertiary/aromatic N) is 3. The molecule has 1 aromatic carbocycles. The maximum absolute atomic E-state index is 13.8. The molecule has 3 heterocycles. The number of alkyl halides is 3. The van der Waals surface area contributed by atoms with Gasteiger partial charge in [-0.05, 0) is 30.3 Å². The number of pyridine rings is 1. The Kier molecular flexibility index (Phi) is 4.70. The van der Waals surface area contributed by atoms with Crippen molar-refractivity contribution in [2.24, 2.45) is 0 Å². The molecular weight excluding hydrogens is 394 g/mol. The molecule has 1 amide bonds. The fraction of sp³-hybridized carbons (Fsp3) is 0.263. The predicted molar refractivity (Wildman–Crippen MR) is 99.1 cm³/mol. The second-order valence-electron chi connectivity index (χ2n) is 6.44. The Morgan fingerprint density at radius 3 is 2.43 bits per heavy atom. The first-order chi connectivity index (χ1) is 13.3. The van der Waals surface area contributed by atoms with Crippen molar-refractivity contribution < 1.29 is 22.4 Å². The van der Waals surface area contributed by atoms with Crippen molar-refractivity contribution in [3.8, 4) is 0 Å². The molecule has 0 saturated carbocycles. The smallest absolute Gasteiger partial charge is 0.353 e. The van der Waals surface area contributed by atoms with Gasteiger partial charge < -0.3 is 9.80 Å². The van der Waals surface area contributed by atoms with Crippen molar-refractivity contribution in [3.63, 3.8) is 0 Å². The van der Waals surface area contributed by atoms with E-state index in [1.807, 2.05) is 4.90 Å². The maximum Gasteiger partial charge on any atom is 0.417 e. The van der Waals surface area contributed by atoms with Crippen LogP contribution in [-0.4, -0.2) is 42.0 Å². The minimum atomic E-state index is -4.42.